The first-order valence-corrected chi connectivity index (χ1v) is 12.0. The molecule has 0 saturated carbocycles. The lowest BCUT2D eigenvalue weighted by Crippen LogP contribution is -2.60. The van der Waals surface area contributed by atoms with Gasteiger partial charge in [-0.05, 0) is 67.5 Å². The summed E-state index contributed by atoms with van der Waals surface area (Å²) in [6, 6.07) is 6.52. The average molecular weight is 477 g/mol. The minimum absolute atomic E-state index is 0.160. The number of nitrogens with zero attached hydrogens (tertiary/aromatic N) is 2. The summed E-state index contributed by atoms with van der Waals surface area (Å²) in [7, 11) is 0. The monoisotopic (exact) mass is 476 g/mol. The molecule has 0 aromatic heterocycles. The van der Waals surface area contributed by atoms with Crippen molar-refractivity contribution in [2.45, 2.75) is 115 Å². The number of rotatable bonds is 4. The minimum atomic E-state index is -0.582. The van der Waals surface area contributed by atoms with Gasteiger partial charge in [0.05, 0.1) is 11.1 Å². The van der Waals surface area contributed by atoms with Crippen molar-refractivity contribution in [3.63, 3.8) is 0 Å². The van der Waals surface area contributed by atoms with Crippen molar-refractivity contribution in [3.05, 3.63) is 35.4 Å². The molecule has 3 rings (SSSR count). The van der Waals surface area contributed by atoms with Crippen molar-refractivity contribution in [2.24, 2.45) is 0 Å². The van der Waals surface area contributed by atoms with E-state index in [2.05, 4.69) is 0 Å². The van der Waals surface area contributed by atoms with Crippen molar-refractivity contribution in [3.8, 4) is 0 Å². The highest BCUT2D eigenvalue weighted by molar-refractivity contribution is 6.03. The first-order valence-electron chi connectivity index (χ1n) is 12.0. The summed E-state index contributed by atoms with van der Waals surface area (Å²) >= 11 is 0. The molecule has 8 nitrogen and oxygen atoms in total. The molecule has 2 N–H and O–H groups in total. The Kier molecular flexibility index (Phi) is 6.96. The molecular formula is C26H40N2O6. The molecule has 2 fully saturated rings. The quantitative estimate of drug-likeness (QED) is 0.597. The van der Waals surface area contributed by atoms with Crippen LogP contribution in [-0.4, -0.2) is 66.8 Å². The highest BCUT2D eigenvalue weighted by Crippen LogP contribution is 2.39. The van der Waals surface area contributed by atoms with Crippen LogP contribution < -0.4 is 0 Å². The summed E-state index contributed by atoms with van der Waals surface area (Å²) in [5, 5.41) is 23.7. The van der Waals surface area contributed by atoms with Crippen molar-refractivity contribution in [1.82, 2.24) is 10.1 Å². The largest absolute Gasteiger partial charge is 0.459 e. The van der Waals surface area contributed by atoms with Gasteiger partial charge in [-0.25, -0.2) is 9.59 Å². The first kappa shape index (κ1) is 26.6. The van der Waals surface area contributed by atoms with Crippen LogP contribution in [-0.2, 0) is 9.47 Å². The third kappa shape index (κ3) is 5.30. The fourth-order valence-electron chi connectivity index (χ4n) is 5.79. The fourth-order valence-corrected chi connectivity index (χ4v) is 5.79. The normalized spacial score (nSPS) is 25.0. The maximum Gasteiger partial charge on any atom is 0.339 e. The van der Waals surface area contributed by atoms with Gasteiger partial charge in [0.15, 0.2) is 0 Å². The minimum Gasteiger partial charge on any atom is -0.459 e. The molecule has 2 saturated heterocycles. The van der Waals surface area contributed by atoms with E-state index in [9.17, 15) is 20.0 Å². The third-order valence-corrected chi connectivity index (χ3v) is 7.12. The number of carbonyl (C=O) groups is 2. The number of hydrogen-bond acceptors (Lipinski definition) is 8. The number of hydroxylamine groups is 4. The number of piperidine rings is 2. The van der Waals surface area contributed by atoms with E-state index in [0.717, 1.165) is 0 Å². The van der Waals surface area contributed by atoms with Crippen molar-refractivity contribution in [2.75, 3.05) is 0 Å². The third-order valence-electron chi connectivity index (χ3n) is 7.12. The molecule has 34 heavy (non-hydrogen) atoms. The molecule has 1 aromatic carbocycles. The zero-order chi connectivity index (χ0) is 25.7. The van der Waals surface area contributed by atoms with Gasteiger partial charge >= 0.3 is 11.9 Å². The summed E-state index contributed by atoms with van der Waals surface area (Å²) in [6.45, 7) is 15.2. The maximum absolute atomic E-state index is 13.1. The van der Waals surface area contributed by atoms with Crippen LogP contribution >= 0.6 is 0 Å². The molecule has 0 unspecified atom stereocenters. The molecular weight excluding hydrogens is 436 g/mol. The van der Waals surface area contributed by atoms with Crippen LogP contribution in [0.4, 0.5) is 0 Å². The molecule has 0 spiro atoms. The Morgan fingerprint density at radius 1 is 0.676 bits per heavy atom. The van der Waals surface area contributed by atoms with Gasteiger partial charge in [0.1, 0.15) is 12.2 Å². The second kappa shape index (κ2) is 8.90. The van der Waals surface area contributed by atoms with Gasteiger partial charge in [-0.3, -0.25) is 0 Å². The Bertz CT molecular complexity index is 828. The topological polar surface area (TPSA) is 99.5 Å². The summed E-state index contributed by atoms with van der Waals surface area (Å²) < 4.78 is 11.7. The van der Waals surface area contributed by atoms with Gasteiger partial charge < -0.3 is 19.9 Å². The molecule has 2 heterocycles. The van der Waals surface area contributed by atoms with E-state index < -0.39 is 46.3 Å². The standard InChI is InChI=1S/C26H40N2O6/c1-23(2)13-17(14-24(3,4)27(23)31)33-21(29)19-11-9-10-12-20(19)22(30)34-18-15-25(5,6)28(32)26(7,8)16-18/h9-12,17-18,31-32H,13-16H2,1-8H3. The van der Waals surface area contributed by atoms with E-state index in [4.69, 9.17) is 9.47 Å². The first-order chi connectivity index (χ1) is 15.5. The van der Waals surface area contributed by atoms with Gasteiger partial charge in [0.25, 0.3) is 0 Å². The molecule has 8 heteroatoms. The smallest absolute Gasteiger partial charge is 0.339 e. The highest BCUT2D eigenvalue weighted by Gasteiger charge is 2.48. The zero-order valence-corrected chi connectivity index (χ0v) is 21.7. The average Bonchev–Trinajstić information content (AvgIpc) is 2.69. The van der Waals surface area contributed by atoms with Gasteiger partial charge in [0.2, 0.25) is 0 Å². The van der Waals surface area contributed by atoms with Crippen LogP contribution in [0.5, 0.6) is 0 Å². The van der Waals surface area contributed by atoms with E-state index in [1.807, 2.05) is 55.4 Å². The van der Waals surface area contributed by atoms with Crippen LogP contribution in [0.1, 0.15) is 102 Å². The predicted octanol–water partition coefficient (Wildman–Crippen LogP) is 4.82. The van der Waals surface area contributed by atoms with Crippen LogP contribution in [0.15, 0.2) is 24.3 Å². The highest BCUT2D eigenvalue weighted by atomic mass is 16.6. The SMILES string of the molecule is CC1(C)CC(OC(=O)c2ccccc2C(=O)OC2CC(C)(C)N(O)C(C)(C)C2)CC(C)(C)N1O. The number of carbonyl (C=O) groups excluding carboxylic acids is 2. The summed E-state index contributed by atoms with van der Waals surface area (Å²) in [5.74, 6) is -1.16. The number of esters is 2. The van der Waals surface area contributed by atoms with Crippen molar-refractivity contribution in [1.29, 1.82) is 0 Å². The lowest BCUT2D eigenvalue weighted by molar-refractivity contribution is -0.257. The van der Waals surface area contributed by atoms with Gasteiger partial charge in [0, 0.05) is 47.8 Å². The van der Waals surface area contributed by atoms with Crippen molar-refractivity contribution < 1.29 is 29.5 Å². The van der Waals surface area contributed by atoms with E-state index in [1.165, 1.54) is 10.1 Å². The Morgan fingerprint density at radius 3 is 1.21 bits per heavy atom. The molecule has 0 amide bonds. The van der Waals surface area contributed by atoms with E-state index in [-0.39, 0.29) is 11.1 Å². The molecule has 190 valence electrons. The van der Waals surface area contributed by atoms with E-state index in [1.54, 1.807) is 24.3 Å². The van der Waals surface area contributed by atoms with Gasteiger partial charge in [-0.2, -0.15) is 10.1 Å². The molecule has 0 radical (unpaired) electrons. The number of benzene rings is 1. The molecule has 1 aromatic rings. The number of ether oxygens (including phenoxy) is 2. The fraction of sp³-hybridized carbons (Fsp3) is 0.692. The Balaban J connectivity index is 1.76. The van der Waals surface area contributed by atoms with Crippen LogP contribution in [0.3, 0.4) is 0 Å². The lowest BCUT2D eigenvalue weighted by atomic mass is 9.80. The van der Waals surface area contributed by atoms with E-state index in [0.29, 0.717) is 25.7 Å². The Labute approximate surface area is 202 Å². The summed E-state index contributed by atoms with van der Waals surface area (Å²) in [4.78, 5) is 26.3. The lowest BCUT2D eigenvalue weighted by Gasteiger charge is -2.51. The second-order valence-corrected chi connectivity index (χ2v) is 12.3. The van der Waals surface area contributed by atoms with E-state index >= 15 is 0 Å². The Hall–Kier alpha value is -2.00. The maximum atomic E-state index is 13.1. The summed E-state index contributed by atoms with van der Waals surface area (Å²) in [6.07, 6.45) is 1.07. The predicted molar refractivity (Wildman–Crippen MR) is 127 cm³/mol. The molecule has 0 aliphatic carbocycles. The molecule has 0 bridgehead atoms. The van der Waals surface area contributed by atoms with Crippen LogP contribution in [0.2, 0.25) is 0 Å². The number of hydrogen-bond donors (Lipinski definition) is 2. The molecule has 2 aliphatic rings. The molecule has 0 atom stereocenters. The van der Waals surface area contributed by atoms with Crippen LogP contribution in [0, 0.1) is 0 Å². The van der Waals surface area contributed by atoms with Crippen LogP contribution in [0.25, 0.3) is 0 Å². The zero-order valence-electron chi connectivity index (χ0n) is 21.7. The Morgan fingerprint density at radius 2 is 0.941 bits per heavy atom. The van der Waals surface area contributed by atoms with Crippen molar-refractivity contribution >= 4 is 11.9 Å². The summed E-state index contributed by atoms with van der Waals surface area (Å²) in [5.41, 5.74) is -1.93. The second-order valence-electron chi connectivity index (χ2n) is 12.3. The molecule has 2 aliphatic heterocycles. The van der Waals surface area contributed by atoms with Gasteiger partial charge in [-0.1, -0.05) is 12.1 Å². The van der Waals surface area contributed by atoms with Gasteiger partial charge in [-0.15, -0.1) is 0 Å².